The molecule has 0 bridgehead atoms. The first-order chi connectivity index (χ1) is 16.7. The molecule has 0 aliphatic heterocycles. The van der Waals surface area contributed by atoms with Crippen molar-refractivity contribution in [3.63, 3.8) is 0 Å². The molecule has 6 nitrogen and oxygen atoms in total. The fourth-order valence-corrected chi connectivity index (χ4v) is 5.34. The van der Waals surface area contributed by atoms with E-state index in [1.54, 1.807) is 11.5 Å². The molecule has 0 saturated heterocycles. The van der Waals surface area contributed by atoms with Crippen LogP contribution in [0, 0.1) is 12.7 Å². The van der Waals surface area contributed by atoms with Crippen LogP contribution in [0.15, 0.2) is 24.3 Å². The number of methoxy groups -OCH3 is 1. The Labute approximate surface area is 199 Å². The predicted molar refractivity (Wildman–Crippen MR) is 127 cm³/mol. The Bertz CT molecular complexity index is 1490. The summed E-state index contributed by atoms with van der Waals surface area (Å²) in [7, 11) is 1.54. The minimum absolute atomic E-state index is 0.148. The quantitative estimate of drug-likeness (QED) is 0.386. The van der Waals surface area contributed by atoms with Crippen molar-refractivity contribution in [2.45, 2.75) is 52.1 Å². The van der Waals surface area contributed by atoms with Crippen molar-refractivity contribution < 1.29 is 27.8 Å². The zero-order chi connectivity index (χ0) is 25.1. The summed E-state index contributed by atoms with van der Waals surface area (Å²) in [6.45, 7) is 4.84. The highest BCUT2D eigenvalue weighted by molar-refractivity contribution is 5.97. The van der Waals surface area contributed by atoms with E-state index in [-0.39, 0.29) is 42.6 Å². The number of fused-ring (bicyclic) bond motifs is 4. The van der Waals surface area contributed by atoms with Gasteiger partial charge in [0.25, 0.3) is 5.92 Å². The first-order valence-corrected chi connectivity index (χ1v) is 11.6. The first-order valence-electron chi connectivity index (χ1n) is 11.6. The Balaban J connectivity index is 1.77. The number of imidazole rings is 1. The van der Waals surface area contributed by atoms with Gasteiger partial charge in [0.1, 0.15) is 17.2 Å². The highest BCUT2D eigenvalue weighted by Crippen LogP contribution is 2.40. The topological polar surface area (TPSA) is 69.3 Å². The van der Waals surface area contributed by atoms with Gasteiger partial charge in [0.15, 0.2) is 0 Å². The summed E-state index contributed by atoms with van der Waals surface area (Å²) in [5.74, 6) is -4.24. The van der Waals surface area contributed by atoms with Gasteiger partial charge in [-0.2, -0.15) is 0 Å². The monoisotopic (exact) mass is 485 g/mol. The first kappa shape index (κ1) is 23.4. The molecule has 2 aromatic heterocycles. The highest BCUT2D eigenvalue weighted by Gasteiger charge is 2.37. The van der Waals surface area contributed by atoms with Gasteiger partial charge in [0.05, 0.1) is 17.7 Å². The van der Waals surface area contributed by atoms with E-state index in [9.17, 15) is 18.7 Å². The lowest BCUT2D eigenvalue weighted by atomic mass is 9.92. The molecule has 1 N–H and O–H groups in total. The number of carboxylic acids is 1. The van der Waals surface area contributed by atoms with Gasteiger partial charge in [-0.05, 0) is 55.7 Å². The third kappa shape index (κ3) is 3.69. The number of aromatic nitrogens is 3. The molecule has 35 heavy (non-hydrogen) atoms. The van der Waals surface area contributed by atoms with Gasteiger partial charge < -0.3 is 19.0 Å². The van der Waals surface area contributed by atoms with Crippen molar-refractivity contribution in [1.82, 2.24) is 14.1 Å². The van der Waals surface area contributed by atoms with E-state index < -0.39 is 17.7 Å². The fourth-order valence-electron chi connectivity index (χ4n) is 5.34. The second kappa shape index (κ2) is 8.41. The Morgan fingerprint density at radius 1 is 1.26 bits per heavy atom. The van der Waals surface area contributed by atoms with Crippen LogP contribution in [0.2, 0.25) is 0 Å². The van der Waals surface area contributed by atoms with E-state index in [1.165, 1.54) is 7.11 Å². The molecule has 0 amide bonds. The zero-order valence-electron chi connectivity index (χ0n) is 19.8. The molecule has 0 spiro atoms. The van der Waals surface area contributed by atoms with Gasteiger partial charge in [-0.25, -0.2) is 22.9 Å². The largest absolute Gasteiger partial charge is 0.478 e. The van der Waals surface area contributed by atoms with Crippen LogP contribution in [0.5, 0.6) is 0 Å². The number of hydrogen-bond donors (Lipinski definition) is 1. The molecule has 5 rings (SSSR count). The SMILES string of the molecule is CCn1c2c(c3cc(-c4nc5c(C)c(C(=O)O)cc(F)c5n4CCOC)ccc31)CC(F)(F)CC2. The lowest BCUT2D eigenvalue weighted by Crippen LogP contribution is -2.26. The number of carbonyl (C=O) groups is 1. The van der Waals surface area contributed by atoms with Crippen LogP contribution in [0.25, 0.3) is 33.3 Å². The Kier molecular flexibility index (Phi) is 5.62. The number of aromatic carboxylic acids is 1. The number of benzene rings is 2. The molecular formula is C26H26F3N3O3. The minimum atomic E-state index is -2.76. The number of ether oxygens (including phenoxy) is 1. The van der Waals surface area contributed by atoms with Gasteiger partial charge in [0, 0.05) is 55.2 Å². The van der Waals surface area contributed by atoms with Crippen molar-refractivity contribution >= 4 is 27.9 Å². The molecule has 1 aliphatic rings. The Hall–Kier alpha value is -3.33. The molecule has 184 valence electrons. The molecule has 1 aliphatic carbocycles. The molecule has 0 radical (unpaired) electrons. The summed E-state index contributed by atoms with van der Waals surface area (Å²) in [6, 6.07) is 6.61. The minimum Gasteiger partial charge on any atom is -0.478 e. The van der Waals surface area contributed by atoms with E-state index >= 15 is 4.39 Å². The van der Waals surface area contributed by atoms with Crippen LogP contribution >= 0.6 is 0 Å². The van der Waals surface area contributed by atoms with E-state index in [1.807, 2.05) is 25.1 Å². The Morgan fingerprint density at radius 3 is 2.71 bits per heavy atom. The maximum atomic E-state index is 15.2. The van der Waals surface area contributed by atoms with Crippen molar-refractivity contribution in [1.29, 1.82) is 0 Å². The third-order valence-corrected chi connectivity index (χ3v) is 7.00. The van der Waals surface area contributed by atoms with Crippen LogP contribution in [-0.4, -0.2) is 44.8 Å². The van der Waals surface area contributed by atoms with Gasteiger partial charge in [0.2, 0.25) is 0 Å². The lowest BCUT2D eigenvalue weighted by Gasteiger charge is -2.23. The van der Waals surface area contributed by atoms with E-state index in [2.05, 4.69) is 9.55 Å². The van der Waals surface area contributed by atoms with Crippen molar-refractivity contribution in [3.05, 3.63) is 52.5 Å². The van der Waals surface area contributed by atoms with Gasteiger partial charge >= 0.3 is 5.97 Å². The number of nitrogens with zero attached hydrogens (tertiary/aromatic N) is 3. The number of aryl methyl sites for hydroxylation is 2. The fraction of sp³-hybridized carbons (Fsp3) is 0.385. The summed E-state index contributed by atoms with van der Waals surface area (Å²) in [4.78, 5) is 16.3. The number of alkyl halides is 2. The smallest absolute Gasteiger partial charge is 0.336 e. The number of hydrogen-bond acceptors (Lipinski definition) is 3. The molecule has 0 fully saturated rings. The summed E-state index contributed by atoms with van der Waals surface area (Å²) in [6.07, 6.45) is -0.166. The summed E-state index contributed by atoms with van der Waals surface area (Å²) >= 11 is 0. The van der Waals surface area contributed by atoms with Crippen molar-refractivity contribution in [2.24, 2.45) is 0 Å². The standard InChI is InChI=1S/C26H26F3N3O3/c1-4-31-20-6-5-15(11-17(20)18-13-26(28,29)8-7-21(18)31)24-30-22-14(2)16(25(33)34)12-19(27)23(22)32(24)9-10-35-3/h5-6,11-12H,4,7-10,13H2,1-3H3,(H,33,34). The van der Waals surface area contributed by atoms with Crippen molar-refractivity contribution in [3.8, 4) is 11.4 Å². The molecule has 2 aromatic carbocycles. The summed E-state index contributed by atoms with van der Waals surface area (Å²) in [5.41, 5.74) is 3.78. The molecular weight excluding hydrogens is 459 g/mol. The van der Waals surface area contributed by atoms with E-state index in [4.69, 9.17) is 4.74 Å². The van der Waals surface area contributed by atoms with Gasteiger partial charge in [-0.15, -0.1) is 0 Å². The molecule has 0 saturated carbocycles. The third-order valence-electron chi connectivity index (χ3n) is 7.00. The predicted octanol–water partition coefficient (Wildman–Crippen LogP) is 5.59. The summed E-state index contributed by atoms with van der Waals surface area (Å²) in [5, 5.41) is 10.2. The second-order valence-corrected chi connectivity index (χ2v) is 9.05. The Morgan fingerprint density at radius 2 is 2.03 bits per heavy atom. The average molecular weight is 486 g/mol. The van der Waals surface area contributed by atoms with Crippen LogP contribution in [-0.2, 0) is 30.7 Å². The maximum absolute atomic E-state index is 15.2. The normalized spacial score (nSPS) is 15.1. The van der Waals surface area contributed by atoms with Gasteiger partial charge in [-0.1, -0.05) is 0 Å². The summed E-state index contributed by atoms with van der Waals surface area (Å²) < 4.78 is 52.8. The number of carboxylic acid groups (broad SMARTS) is 1. The molecule has 9 heteroatoms. The van der Waals surface area contributed by atoms with Crippen molar-refractivity contribution in [2.75, 3.05) is 13.7 Å². The van der Waals surface area contributed by atoms with Crippen LogP contribution in [0.3, 0.4) is 0 Å². The molecule has 4 aromatic rings. The van der Waals surface area contributed by atoms with Gasteiger partial charge in [-0.3, -0.25) is 0 Å². The van der Waals surface area contributed by atoms with E-state index in [0.29, 0.717) is 35.5 Å². The van der Waals surface area contributed by atoms with Crippen LogP contribution in [0.4, 0.5) is 13.2 Å². The second-order valence-electron chi connectivity index (χ2n) is 9.05. The highest BCUT2D eigenvalue weighted by atomic mass is 19.3. The number of rotatable bonds is 6. The van der Waals surface area contributed by atoms with E-state index in [0.717, 1.165) is 22.7 Å². The average Bonchev–Trinajstić information content (AvgIpc) is 3.34. The van der Waals surface area contributed by atoms with Crippen LogP contribution < -0.4 is 0 Å². The maximum Gasteiger partial charge on any atom is 0.336 e. The molecule has 2 heterocycles. The van der Waals surface area contributed by atoms with Crippen LogP contribution in [0.1, 0.15) is 40.5 Å². The molecule has 0 atom stereocenters. The zero-order valence-corrected chi connectivity index (χ0v) is 19.8. The number of halogens is 3. The lowest BCUT2D eigenvalue weighted by molar-refractivity contribution is -0.0125. The molecule has 0 unspecified atom stereocenters.